The molecule has 0 bridgehead atoms. The zero-order valence-corrected chi connectivity index (χ0v) is 11.7. The number of aromatic amines is 1. The number of benzene rings is 1. The Labute approximate surface area is 116 Å². The van der Waals surface area contributed by atoms with Gasteiger partial charge >= 0.3 is 0 Å². The van der Waals surface area contributed by atoms with Crippen LogP contribution >= 0.6 is 12.2 Å². The molecule has 1 aromatic carbocycles. The van der Waals surface area contributed by atoms with Crippen molar-refractivity contribution in [1.82, 2.24) is 9.55 Å². The summed E-state index contributed by atoms with van der Waals surface area (Å²) >= 11 is 5.31. The molecule has 102 valence electrons. The fraction of sp³-hybridized carbons (Fsp3) is 0.500. The third-order valence-corrected chi connectivity index (χ3v) is 4.06. The number of H-pyrrole nitrogens is 1. The van der Waals surface area contributed by atoms with Crippen molar-refractivity contribution >= 4 is 23.3 Å². The van der Waals surface area contributed by atoms with Crippen LogP contribution in [0.5, 0.6) is 5.75 Å². The van der Waals surface area contributed by atoms with Crippen LogP contribution in [0, 0.1) is 16.5 Å². The largest absolute Gasteiger partial charge is 0.494 e. The summed E-state index contributed by atoms with van der Waals surface area (Å²) in [7, 11) is 1.48. The molecule has 1 fully saturated rings. The molecule has 1 heterocycles. The predicted molar refractivity (Wildman–Crippen MR) is 75.6 cm³/mol. The molecule has 1 N–H and O–H groups in total. The molecule has 1 saturated carbocycles. The number of methoxy groups -OCH3 is 1. The number of rotatable bonds is 5. The monoisotopic (exact) mass is 280 g/mol. The number of aryl methyl sites for hydroxylation is 1. The van der Waals surface area contributed by atoms with Gasteiger partial charge in [0.25, 0.3) is 0 Å². The summed E-state index contributed by atoms with van der Waals surface area (Å²) in [6.45, 7) is 0.879. The lowest BCUT2D eigenvalue weighted by Gasteiger charge is -2.06. The van der Waals surface area contributed by atoms with Crippen LogP contribution in [-0.2, 0) is 6.54 Å². The number of halogens is 1. The first-order valence-electron chi connectivity index (χ1n) is 6.65. The summed E-state index contributed by atoms with van der Waals surface area (Å²) in [5, 5.41) is 0. The first-order valence-corrected chi connectivity index (χ1v) is 7.06. The molecule has 0 spiro atoms. The van der Waals surface area contributed by atoms with E-state index in [1.165, 1.54) is 32.4 Å². The lowest BCUT2D eigenvalue weighted by Crippen LogP contribution is -1.99. The Balaban J connectivity index is 1.92. The molecule has 19 heavy (non-hydrogen) atoms. The second kappa shape index (κ2) is 4.96. The molecule has 3 rings (SSSR count). The zero-order valence-electron chi connectivity index (χ0n) is 10.9. The molecule has 2 aromatic rings. The van der Waals surface area contributed by atoms with Crippen molar-refractivity contribution < 1.29 is 9.13 Å². The third-order valence-electron chi connectivity index (χ3n) is 3.74. The van der Waals surface area contributed by atoms with Gasteiger partial charge < -0.3 is 14.3 Å². The molecule has 3 nitrogen and oxygen atoms in total. The fourth-order valence-corrected chi connectivity index (χ4v) is 2.78. The summed E-state index contributed by atoms with van der Waals surface area (Å²) in [5.41, 5.74) is 1.65. The normalized spacial score (nSPS) is 15.1. The van der Waals surface area contributed by atoms with Crippen LogP contribution in [-0.4, -0.2) is 16.7 Å². The number of nitrogens with zero attached hydrogens (tertiary/aromatic N) is 1. The maximum absolute atomic E-state index is 13.6. The van der Waals surface area contributed by atoms with E-state index >= 15 is 0 Å². The van der Waals surface area contributed by atoms with Gasteiger partial charge in [0, 0.05) is 18.7 Å². The maximum atomic E-state index is 13.6. The molecule has 1 aromatic heterocycles. The third kappa shape index (κ3) is 2.52. The smallest absolute Gasteiger partial charge is 0.178 e. The standard InChI is InChI=1S/C14H17FN2OS/c1-18-13-8-12-11(7-10(13)15)16-14(19)17(12)6-2-3-9-4-5-9/h7-9H,2-6H2,1H3,(H,16,19). The second-order valence-corrected chi connectivity index (χ2v) is 5.56. The number of hydrogen-bond donors (Lipinski definition) is 1. The van der Waals surface area contributed by atoms with Crippen molar-refractivity contribution in [3.63, 3.8) is 0 Å². The summed E-state index contributed by atoms with van der Waals surface area (Å²) in [4.78, 5) is 3.06. The number of nitrogens with one attached hydrogen (secondary N) is 1. The number of hydrogen-bond acceptors (Lipinski definition) is 2. The molecule has 1 aliphatic rings. The van der Waals surface area contributed by atoms with Crippen molar-refractivity contribution in [3.8, 4) is 5.75 Å². The summed E-state index contributed by atoms with van der Waals surface area (Å²) in [5.74, 6) is 0.820. The van der Waals surface area contributed by atoms with Crippen molar-refractivity contribution in [2.45, 2.75) is 32.2 Å². The SMILES string of the molecule is COc1cc2c(cc1F)[nH]c(=S)n2CCCC1CC1. The molecule has 0 amide bonds. The number of ether oxygens (including phenoxy) is 1. The van der Waals surface area contributed by atoms with Crippen LogP contribution in [0.3, 0.4) is 0 Å². The number of imidazole rings is 1. The highest BCUT2D eigenvalue weighted by Crippen LogP contribution is 2.34. The molecule has 0 saturated heterocycles. The van der Waals surface area contributed by atoms with Crippen LogP contribution in [0.25, 0.3) is 11.0 Å². The summed E-state index contributed by atoms with van der Waals surface area (Å²) < 4.78 is 21.4. The minimum Gasteiger partial charge on any atom is -0.494 e. The Morgan fingerprint density at radius 1 is 1.47 bits per heavy atom. The highest BCUT2D eigenvalue weighted by atomic mass is 32.1. The van der Waals surface area contributed by atoms with Crippen LogP contribution in [0.2, 0.25) is 0 Å². The van der Waals surface area contributed by atoms with Gasteiger partial charge in [0.2, 0.25) is 0 Å². The van der Waals surface area contributed by atoms with Gasteiger partial charge in [-0.1, -0.05) is 12.8 Å². The quantitative estimate of drug-likeness (QED) is 0.838. The van der Waals surface area contributed by atoms with Gasteiger partial charge in [0.05, 0.1) is 18.1 Å². The molecule has 0 aliphatic heterocycles. The van der Waals surface area contributed by atoms with Gasteiger partial charge in [-0.2, -0.15) is 0 Å². The highest BCUT2D eigenvalue weighted by molar-refractivity contribution is 7.71. The van der Waals surface area contributed by atoms with E-state index in [1.807, 2.05) is 4.57 Å². The highest BCUT2D eigenvalue weighted by Gasteiger charge is 2.20. The zero-order chi connectivity index (χ0) is 13.4. The van der Waals surface area contributed by atoms with Crippen molar-refractivity contribution in [2.75, 3.05) is 7.11 Å². The minimum absolute atomic E-state index is 0.262. The number of aromatic nitrogens is 2. The Morgan fingerprint density at radius 2 is 2.26 bits per heavy atom. The van der Waals surface area contributed by atoms with Gasteiger partial charge in [-0.3, -0.25) is 0 Å². The van der Waals surface area contributed by atoms with Gasteiger partial charge in [0.15, 0.2) is 16.3 Å². The Kier molecular flexibility index (Phi) is 3.31. The molecule has 5 heteroatoms. The molecular formula is C14H17FN2OS. The second-order valence-electron chi connectivity index (χ2n) is 5.17. The summed E-state index contributed by atoms with van der Waals surface area (Å²) in [6.07, 6.45) is 5.12. The van der Waals surface area contributed by atoms with Crippen molar-refractivity contribution in [2.24, 2.45) is 5.92 Å². The van der Waals surface area contributed by atoms with Crippen LogP contribution in [0.1, 0.15) is 25.7 Å². The first-order chi connectivity index (χ1) is 9.19. The van der Waals surface area contributed by atoms with E-state index in [0.29, 0.717) is 4.77 Å². The average molecular weight is 280 g/mol. The van der Waals surface area contributed by atoms with Gasteiger partial charge in [-0.25, -0.2) is 4.39 Å². The van der Waals surface area contributed by atoms with Gasteiger partial charge in [-0.05, 0) is 31.0 Å². The van der Waals surface area contributed by atoms with E-state index in [-0.39, 0.29) is 11.6 Å². The van der Waals surface area contributed by atoms with Crippen molar-refractivity contribution in [3.05, 3.63) is 22.7 Å². The molecule has 0 unspecified atom stereocenters. The van der Waals surface area contributed by atoms with Crippen LogP contribution < -0.4 is 4.74 Å². The van der Waals surface area contributed by atoms with E-state index in [4.69, 9.17) is 17.0 Å². The fourth-order valence-electron chi connectivity index (χ4n) is 2.48. The van der Waals surface area contributed by atoms with Crippen LogP contribution in [0.15, 0.2) is 12.1 Å². The van der Waals surface area contributed by atoms with Gasteiger partial charge in [0.1, 0.15) is 0 Å². The predicted octanol–water partition coefficient (Wildman–Crippen LogP) is 4.04. The number of fused-ring (bicyclic) bond motifs is 1. The summed E-state index contributed by atoms with van der Waals surface area (Å²) in [6, 6.07) is 3.16. The lowest BCUT2D eigenvalue weighted by molar-refractivity contribution is 0.387. The van der Waals surface area contributed by atoms with E-state index in [1.54, 1.807) is 6.07 Å². The van der Waals surface area contributed by atoms with E-state index in [2.05, 4.69) is 4.98 Å². The van der Waals surface area contributed by atoms with Crippen LogP contribution in [0.4, 0.5) is 4.39 Å². The lowest BCUT2D eigenvalue weighted by atomic mass is 10.2. The maximum Gasteiger partial charge on any atom is 0.178 e. The Morgan fingerprint density at radius 3 is 2.95 bits per heavy atom. The Bertz CT molecular complexity index is 657. The Hall–Kier alpha value is -1.36. The molecule has 0 radical (unpaired) electrons. The average Bonchev–Trinajstić information content (AvgIpc) is 3.15. The molecule has 0 atom stereocenters. The molecular weight excluding hydrogens is 263 g/mol. The van der Waals surface area contributed by atoms with Crippen molar-refractivity contribution in [1.29, 1.82) is 0 Å². The van der Waals surface area contributed by atoms with E-state index in [9.17, 15) is 4.39 Å². The molecule has 1 aliphatic carbocycles. The topological polar surface area (TPSA) is 29.9 Å². The minimum atomic E-state index is -0.364. The first kappa shape index (κ1) is 12.7. The van der Waals surface area contributed by atoms with E-state index in [0.717, 1.165) is 29.9 Å². The van der Waals surface area contributed by atoms with E-state index < -0.39 is 0 Å². The van der Waals surface area contributed by atoms with Gasteiger partial charge in [-0.15, -0.1) is 0 Å².